The van der Waals surface area contributed by atoms with Crippen LogP contribution in [0.3, 0.4) is 0 Å². The molecule has 0 spiro atoms. The first-order chi connectivity index (χ1) is 5.45. The van der Waals surface area contributed by atoms with Crippen LogP contribution in [0.15, 0.2) is 0 Å². The number of carbonyl (C=O) groups excluding carboxylic acids is 1. The first-order valence-electron chi connectivity index (χ1n) is 4.50. The van der Waals surface area contributed by atoms with Gasteiger partial charge >= 0.3 is 6.03 Å². The first-order valence-corrected chi connectivity index (χ1v) is 4.50. The molecule has 3 heteroatoms. The smallest absolute Gasteiger partial charge is 0.317 e. The number of hydrogen-bond donors (Lipinski definition) is 1. The largest absolute Gasteiger partial charge is 0.333 e. The summed E-state index contributed by atoms with van der Waals surface area (Å²) in [6, 6.07) is 0.377. The van der Waals surface area contributed by atoms with Crippen LogP contribution in [0.4, 0.5) is 4.79 Å². The van der Waals surface area contributed by atoms with Crippen molar-refractivity contribution in [2.24, 2.45) is 5.41 Å². The van der Waals surface area contributed by atoms with Gasteiger partial charge in [-0.15, -0.1) is 0 Å². The molecule has 0 aliphatic carbocycles. The molecule has 1 fully saturated rings. The fourth-order valence-electron chi connectivity index (χ4n) is 1.35. The number of likely N-dealkylation sites (N-methyl/N-ethyl adjacent to an activating group) is 1. The quantitative estimate of drug-likeness (QED) is 0.634. The third kappa shape index (κ3) is 1.71. The molecule has 1 heterocycles. The fourth-order valence-corrected chi connectivity index (χ4v) is 1.35. The number of rotatable bonds is 1. The van der Waals surface area contributed by atoms with E-state index in [0.29, 0.717) is 6.04 Å². The van der Waals surface area contributed by atoms with Crippen LogP contribution in [0.25, 0.3) is 0 Å². The molecule has 1 aliphatic rings. The third-order valence-corrected chi connectivity index (χ3v) is 2.41. The van der Waals surface area contributed by atoms with E-state index < -0.39 is 0 Å². The highest BCUT2D eigenvalue weighted by atomic mass is 16.2. The van der Waals surface area contributed by atoms with Crippen molar-refractivity contribution in [3.8, 4) is 0 Å². The minimum Gasteiger partial charge on any atom is -0.333 e. The van der Waals surface area contributed by atoms with Crippen LogP contribution in [0.5, 0.6) is 0 Å². The summed E-state index contributed by atoms with van der Waals surface area (Å²) in [7, 11) is 0. The predicted octanol–water partition coefficient (Wildman–Crippen LogP) is 1.45. The van der Waals surface area contributed by atoms with Gasteiger partial charge in [-0.3, -0.25) is 0 Å². The average molecular weight is 170 g/mol. The minimum atomic E-state index is 0.0809. The number of nitrogens with zero attached hydrogens (tertiary/aromatic N) is 1. The van der Waals surface area contributed by atoms with E-state index >= 15 is 0 Å². The number of amides is 2. The molecule has 12 heavy (non-hydrogen) atoms. The van der Waals surface area contributed by atoms with E-state index in [9.17, 15) is 4.79 Å². The highest BCUT2D eigenvalue weighted by Crippen LogP contribution is 2.23. The number of hydrogen-bond acceptors (Lipinski definition) is 1. The normalized spacial score (nSPS) is 24.5. The van der Waals surface area contributed by atoms with E-state index in [0.717, 1.165) is 13.1 Å². The Morgan fingerprint density at radius 3 is 2.42 bits per heavy atom. The molecule has 1 unspecified atom stereocenters. The van der Waals surface area contributed by atoms with Gasteiger partial charge in [0.2, 0.25) is 0 Å². The second kappa shape index (κ2) is 2.96. The minimum absolute atomic E-state index is 0.0809. The first kappa shape index (κ1) is 9.36. The van der Waals surface area contributed by atoms with Crippen LogP contribution in [0.2, 0.25) is 0 Å². The standard InChI is InChI=1S/C9H18N2O/c1-5-11-6-7(9(2,3)4)10-8(11)12/h7H,5-6H2,1-4H3,(H,10,12). The second-order valence-corrected chi connectivity index (χ2v) is 4.41. The van der Waals surface area contributed by atoms with Gasteiger partial charge in [-0.05, 0) is 12.3 Å². The van der Waals surface area contributed by atoms with Gasteiger partial charge in [0.25, 0.3) is 0 Å². The molecule has 0 radical (unpaired) electrons. The summed E-state index contributed by atoms with van der Waals surface area (Å²) in [4.78, 5) is 13.1. The van der Waals surface area contributed by atoms with Crippen LogP contribution in [-0.4, -0.2) is 30.1 Å². The van der Waals surface area contributed by atoms with Gasteiger partial charge in [0, 0.05) is 13.1 Å². The topological polar surface area (TPSA) is 32.3 Å². The molecule has 2 amide bonds. The molecular formula is C9H18N2O. The van der Waals surface area contributed by atoms with E-state index in [1.807, 2.05) is 11.8 Å². The fraction of sp³-hybridized carbons (Fsp3) is 0.889. The summed E-state index contributed by atoms with van der Waals surface area (Å²) in [6.45, 7) is 10.1. The number of nitrogens with one attached hydrogen (secondary N) is 1. The van der Waals surface area contributed by atoms with E-state index in [2.05, 4.69) is 26.1 Å². The Morgan fingerprint density at radius 2 is 2.17 bits per heavy atom. The highest BCUT2D eigenvalue weighted by Gasteiger charge is 2.35. The van der Waals surface area contributed by atoms with Crippen molar-refractivity contribution in [2.75, 3.05) is 13.1 Å². The lowest BCUT2D eigenvalue weighted by Crippen LogP contribution is -2.38. The van der Waals surface area contributed by atoms with Gasteiger partial charge in [0.15, 0.2) is 0 Å². The van der Waals surface area contributed by atoms with E-state index in [4.69, 9.17) is 0 Å². The van der Waals surface area contributed by atoms with Gasteiger partial charge < -0.3 is 10.2 Å². The molecule has 1 N–H and O–H groups in total. The van der Waals surface area contributed by atoms with Crippen molar-refractivity contribution in [2.45, 2.75) is 33.7 Å². The van der Waals surface area contributed by atoms with E-state index in [1.54, 1.807) is 0 Å². The molecule has 70 valence electrons. The third-order valence-electron chi connectivity index (χ3n) is 2.41. The van der Waals surface area contributed by atoms with Gasteiger partial charge in [-0.1, -0.05) is 20.8 Å². The van der Waals surface area contributed by atoms with Crippen LogP contribution in [0.1, 0.15) is 27.7 Å². The monoisotopic (exact) mass is 170 g/mol. The Hall–Kier alpha value is -0.730. The molecule has 1 atom stereocenters. The molecule has 1 rings (SSSR count). The Labute approximate surface area is 74.1 Å². The second-order valence-electron chi connectivity index (χ2n) is 4.41. The van der Waals surface area contributed by atoms with Crippen LogP contribution >= 0.6 is 0 Å². The van der Waals surface area contributed by atoms with E-state index in [1.165, 1.54) is 0 Å². The van der Waals surface area contributed by atoms with Crippen molar-refractivity contribution >= 4 is 6.03 Å². The Bertz CT molecular complexity index is 183. The van der Waals surface area contributed by atoms with Crippen molar-refractivity contribution in [1.82, 2.24) is 10.2 Å². The summed E-state index contributed by atoms with van der Waals surface area (Å²) in [5, 5.41) is 2.98. The molecule has 1 aliphatic heterocycles. The van der Waals surface area contributed by atoms with Gasteiger partial charge in [0.1, 0.15) is 0 Å². The van der Waals surface area contributed by atoms with Crippen LogP contribution in [0, 0.1) is 5.41 Å². The van der Waals surface area contributed by atoms with Crippen molar-refractivity contribution in [3.63, 3.8) is 0 Å². The zero-order chi connectivity index (χ0) is 9.35. The molecular weight excluding hydrogens is 152 g/mol. The molecule has 0 aromatic heterocycles. The highest BCUT2D eigenvalue weighted by molar-refractivity contribution is 5.76. The molecule has 3 nitrogen and oxygen atoms in total. The van der Waals surface area contributed by atoms with Crippen molar-refractivity contribution in [1.29, 1.82) is 0 Å². The lowest BCUT2D eigenvalue weighted by atomic mass is 9.87. The molecule has 0 aromatic rings. The average Bonchev–Trinajstić information content (AvgIpc) is 2.29. The summed E-state index contributed by atoms with van der Waals surface area (Å²) in [6.07, 6.45) is 0. The number of urea groups is 1. The van der Waals surface area contributed by atoms with Crippen molar-refractivity contribution < 1.29 is 4.79 Å². The maximum absolute atomic E-state index is 11.3. The van der Waals surface area contributed by atoms with Gasteiger partial charge in [-0.2, -0.15) is 0 Å². The van der Waals surface area contributed by atoms with Crippen LogP contribution < -0.4 is 5.32 Å². The van der Waals surface area contributed by atoms with Crippen LogP contribution in [-0.2, 0) is 0 Å². The summed E-state index contributed by atoms with van der Waals surface area (Å²) in [5.41, 5.74) is 0.166. The lowest BCUT2D eigenvalue weighted by Gasteiger charge is -2.25. The summed E-state index contributed by atoms with van der Waals surface area (Å²) in [5.74, 6) is 0. The zero-order valence-electron chi connectivity index (χ0n) is 8.35. The Balaban J connectivity index is 2.60. The maximum atomic E-state index is 11.3. The summed E-state index contributed by atoms with van der Waals surface area (Å²) >= 11 is 0. The summed E-state index contributed by atoms with van der Waals surface area (Å²) < 4.78 is 0. The molecule has 1 saturated heterocycles. The Morgan fingerprint density at radius 1 is 1.58 bits per heavy atom. The Kier molecular flexibility index (Phi) is 2.31. The van der Waals surface area contributed by atoms with Crippen molar-refractivity contribution in [3.05, 3.63) is 0 Å². The zero-order valence-corrected chi connectivity index (χ0v) is 8.35. The lowest BCUT2D eigenvalue weighted by molar-refractivity contribution is 0.219. The van der Waals surface area contributed by atoms with Gasteiger partial charge in [-0.25, -0.2) is 4.79 Å². The van der Waals surface area contributed by atoms with E-state index in [-0.39, 0.29) is 11.4 Å². The molecule has 0 bridgehead atoms. The SMILES string of the molecule is CCN1CC(C(C)(C)C)NC1=O. The van der Waals surface area contributed by atoms with Gasteiger partial charge in [0.05, 0.1) is 6.04 Å². The molecule has 0 aromatic carbocycles. The predicted molar refractivity (Wildman–Crippen MR) is 49.0 cm³/mol. The number of carbonyl (C=O) groups is 1. The maximum Gasteiger partial charge on any atom is 0.317 e. The molecule has 0 saturated carbocycles.